The van der Waals surface area contributed by atoms with E-state index in [0.717, 1.165) is 0 Å². The minimum absolute atomic E-state index is 0.117. The van der Waals surface area contributed by atoms with E-state index in [1.54, 1.807) is 13.8 Å². The Kier molecular flexibility index (Phi) is 2.85. The highest BCUT2D eigenvalue weighted by molar-refractivity contribution is 5.73. The molecular formula is C9H14O4. The number of aliphatic hydroxyl groups is 1. The molecule has 0 aliphatic carbocycles. The molecule has 0 aromatic carbocycles. The standard InChI is InChI=1S/C9H14O4/c1-6(4-10)8(11)7-5-12-9(2,3)13-7/h4,7-8,11H,1,5H2,2-3H3/t7-,8-/m1/s1. The van der Waals surface area contributed by atoms with Crippen molar-refractivity contribution in [2.24, 2.45) is 0 Å². The zero-order valence-electron chi connectivity index (χ0n) is 7.82. The summed E-state index contributed by atoms with van der Waals surface area (Å²) in [7, 11) is 0. The van der Waals surface area contributed by atoms with Gasteiger partial charge in [-0.2, -0.15) is 0 Å². The summed E-state index contributed by atoms with van der Waals surface area (Å²) in [4.78, 5) is 10.3. The summed E-state index contributed by atoms with van der Waals surface area (Å²) >= 11 is 0. The van der Waals surface area contributed by atoms with Crippen LogP contribution in [0.3, 0.4) is 0 Å². The first-order chi connectivity index (χ1) is 5.96. The van der Waals surface area contributed by atoms with E-state index in [-0.39, 0.29) is 12.2 Å². The number of aliphatic hydroxyl groups excluding tert-OH is 1. The van der Waals surface area contributed by atoms with E-state index < -0.39 is 18.0 Å². The fraction of sp³-hybridized carbons (Fsp3) is 0.667. The zero-order valence-corrected chi connectivity index (χ0v) is 7.82. The van der Waals surface area contributed by atoms with Gasteiger partial charge in [0.15, 0.2) is 5.79 Å². The molecule has 0 aromatic heterocycles. The lowest BCUT2D eigenvalue weighted by Gasteiger charge is -2.19. The molecule has 0 unspecified atom stereocenters. The second kappa shape index (κ2) is 3.57. The second-order valence-corrected chi connectivity index (χ2v) is 3.50. The highest BCUT2D eigenvalue weighted by Gasteiger charge is 2.37. The van der Waals surface area contributed by atoms with E-state index in [1.807, 2.05) is 0 Å². The smallest absolute Gasteiger partial charge is 0.163 e. The molecule has 0 saturated carbocycles. The van der Waals surface area contributed by atoms with Crippen LogP contribution in [0.2, 0.25) is 0 Å². The van der Waals surface area contributed by atoms with E-state index in [2.05, 4.69) is 6.58 Å². The van der Waals surface area contributed by atoms with Gasteiger partial charge >= 0.3 is 0 Å². The summed E-state index contributed by atoms with van der Waals surface area (Å²) in [6, 6.07) is 0. The van der Waals surface area contributed by atoms with Crippen LogP contribution in [0, 0.1) is 0 Å². The van der Waals surface area contributed by atoms with Crippen LogP contribution < -0.4 is 0 Å². The molecule has 0 bridgehead atoms. The fourth-order valence-electron chi connectivity index (χ4n) is 1.18. The Morgan fingerprint density at radius 3 is 2.77 bits per heavy atom. The van der Waals surface area contributed by atoms with Crippen molar-refractivity contribution >= 4 is 6.29 Å². The third-order valence-corrected chi connectivity index (χ3v) is 1.91. The SMILES string of the molecule is C=C(C=O)[C@@H](O)[C@H]1COC(C)(C)O1. The van der Waals surface area contributed by atoms with E-state index in [4.69, 9.17) is 9.47 Å². The maximum atomic E-state index is 10.3. The van der Waals surface area contributed by atoms with Crippen LogP contribution in [0.1, 0.15) is 13.8 Å². The molecule has 0 spiro atoms. The Morgan fingerprint density at radius 2 is 2.38 bits per heavy atom. The average Bonchev–Trinajstić information content (AvgIpc) is 2.43. The fourth-order valence-corrected chi connectivity index (χ4v) is 1.18. The summed E-state index contributed by atoms with van der Waals surface area (Å²) in [6.45, 7) is 7.20. The van der Waals surface area contributed by atoms with Crippen molar-refractivity contribution < 1.29 is 19.4 Å². The molecule has 4 heteroatoms. The number of rotatable bonds is 3. The van der Waals surface area contributed by atoms with Gasteiger partial charge in [0, 0.05) is 5.57 Å². The minimum atomic E-state index is -0.973. The third kappa shape index (κ3) is 2.37. The summed E-state index contributed by atoms with van der Waals surface area (Å²) in [5.74, 6) is -0.686. The van der Waals surface area contributed by atoms with Crippen LogP contribution in [0.4, 0.5) is 0 Å². The highest BCUT2D eigenvalue weighted by Crippen LogP contribution is 2.25. The third-order valence-electron chi connectivity index (χ3n) is 1.91. The Morgan fingerprint density at radius 1 is 1.77 bits per heavy atom. The lowest BCUT2D eigenvalue weighted by Crippen LogP contribution is -2.32. The molecule has 1 heterocycles. The topological polar surface area (TPSA) is 55.8 Å². The Labute approximate surface area is 77.1 Å². The van der Waals surface area contributed by atoms with Crippen molar-refractivity contribution in [3.05, 3.63) is 12.2 Å². The number of hydrogen-bond acceptors (Lipinski definition) is 4. The van der Waals surface area contributed by atoms with Gasteiger partial charge < -0.3 is 14.6 Å². The van der Waals surface area contributed by atoms with Crippen LogP contribution in [0.15, 0.2) is 12.2 Å². The maximum Gasteiger partial charge on any atom is 0.163 e. The van der Waals surface area contributed by atoms with Gasteiger partial charge in [0.2, 0.25) is 0 Å². The van der Waals surface area contributed by atoms with Gasteiger partial charge in [0.05, 0.1) is 6.61 Å². The van der Waals surface area contributed by atoms with Gasteiger partial charge in [-0.25, -0.2) is 0 Å². The number of carbonyl (C=O) groups excluding carboxylic acids is 1. The second-order valence-electron chi connectivity index (χ2n) is 3.50. The van der Waals surface area contributed by atoms with Gasteiger partial charge in [0.1, 0.15) is 18.5 Å². The quantitative estimate of drug-likeness (QED) is 0.507. The summed E-state index contributed by atoms with van der Waals surface area (Å²) in [5, 5.41) is 9.51. The molecule has 0 radical (unpaired) electrons. The maximum absolute atomic E-state index is 10.3. The lowest BCUT2D eigenvalue weighted by atomic mass is 10.1. The average molecular weight is 186 g/mol. The largest absolute Gasteiger partial charge is 0.385 e. The van der Waals surface area contributed by atoms with E-state index in [1.165, 1.54) is 0 Å². The lowest BCUT2D eigenvalue weighted by molar-refractivity contribution is -0.148. The van der Waals surface area contributed by atoms with Crippen LogP contribution in [-0.4, -0.2) is 36.0 Å². The van der Waals surface area contributed by atoms with Gasteiger partial charge in [-0.1, -0.05) is 6.58 Å². The Hall–Kier alpha value is -0.710. The predicted octanol–water partition coefficient (Wildman–Crippen LogP) is 0.254. The van der Waals surface area contributed by atoms with E-state index >= 15 is 0 Å². The molecule has 1 aliphatic rings. The van der Waals surface area contributed by atoms with Crippen molar-refractivity contribution in [1.29, 1.82) is 0 Å². The highest BCUT2D eigenvalue weighted by atomic mass is 16.7. The molecule has 0 amide bonds. The summed E-state index contributed by atoms with van der Waals surface area (Å²) in [5.41, 5.74) is 0.117. The van der Waals surface area contributed by atoms with Crippen molar-refractivity contribution in [3.8, 4) is 0 Å². The van der Waals surface area contributed by atoms with Gasteiger partial charge in [0.25, 0.3) is 0 Å². The van der Waals surface area contributed by atoms with Gasteiger partial charge in [-0.05, 0) is 13.8 Å². The molecule has 4 nitrogen and oxygen atoms in total. The first-order valence-electron chi connectivity index (χ1n) is 4.10. The first kappa shape index (κ1) is 10.4. The molecule has 1 rings (SSSR count). The zero-order chi connectivity index (χ0) is 10.1. The van der Waals surface area contributed by atoms with Crippen molar-refractivity contribution in [2.75, 3.05) is 6.61 Å². The number of hydrogen-bond donors (Lipinski definition) is 1. The van der Waals surface area contributed by atoms with Crippen LogP contribution in [0.5, 0.6) is 0 Å². The first-order valence-corrected chi connectivity index (χ1v) is 4.10. The van der Waals surface area contributed by atoms with Crippen LogP contribution >= 0.6 is 0 Å². The molecule has 13 heavy (non-hydrogen) atoms. The molecule has 1 fully saturated rings. The molecule has 0 aromatic rings. The number of ether oxygens (including phenoxy) is 2. The normalized spacial score (nSPS) is 28.4. The van der Waals surface area contributed by atoms with Crippen LogP contribution in [0.25, 0.3) is 0 Å². The molecular weight excluding hydrogens is 172 g/mol. The summed E-state index contributed by atoms with van der Waals surface area (Å²) in [6.07, 6.45) is -0.939. The summed E-state index contributed by atoms with van der Waals surface area (Å²) < 4.78 is 10.6. The van der Waals surface area contributed by atoms with E-state index in [9.17, 15) is 9.90 Å². The van der Waals surface area contributed by atoms with Crippen molar-refractivity contribution in [2.45, 2.75) is 31.8 Å². The monoisotopic (exact) mass is 186 g/mol. The van der Waals surface area contributed by atoms with Crippen LogP contribution in [-0.2, 0) is 14.3 Å². The minimum Gasteiger partial charge on any atom is -0.385 e. The van der Waals surface area contributed by atoms with E-state index in [0.29, 0.717) is 6.29 Å². The number of aldehydes is 1. The van der Waals surface area contributed by atoms with Gasteiger partial charge in [-0.3, -0.25) is 4.79 Å². The van der Waals surface area contributed by atoms with Crippen molar-refractivity contribution in [1.82, 2.24) is 0 Å². The predicted molar refractivity (Wildman–Crippen MR) is 46.1 cm³/mol. The molecule has 1 aliphatic heterocycles. The molecule has 1 saturated heterocycles. The molecule has 2 atom stereocenters. The number of carbonyl (C=O) groups is 1. The Bertz CT molecular complexity index is 222. The Balaban J connectivity index is 2.56. The van der Waals surface area contributed by atoms with Gasteiger partial charge in [-0.15, -0.1) is 0 Å². The molecule has 1 N–H and O–H groups in total. The van der Waals surface area contributed by atoms with Crippen molar-refractivity contribution in [3.63, 3.8) is 0 Å². The molecule has 74 valence electrons.